The number of halogens is 2. The third-order valence-electron chi connectivity index (χ3n) is 0.610. The summed E-state index contributed by atoms with van der Waals surface area (Å²) in [6.45, 7) is 1.82. The highest BCUT2D eigenvalue weighted by molar-refractivity contribution is 9.09. The molecule has 0 unspecified atom stereocenters. The van der Waals surface area contributed by atoms with Gasteiger partial charge in [0.1, 0.15) is 6.79 Å². The molecule has 2 nitrogen and oxygen atoms in total. The molecule has 9 heavy (non-hydrogen) atoms. The van der Waals surface area contributed by atoms with Crippen molar-refractivity contribution in [1.29, 1.82) is 0 Å². The molecule has 0 atom stereocenters. The van der Waals surface area contributed by atoms with E-state index in [4.69, 9.17) is 9.47 Å². The number of hydrogen-bond acceptors (Lipinski definition) is 2. The van der Waals surface area contributed by atoms with Gasteiger partial charge in [-0.2, -0.15) is 0 Å². The van der Waals surface area contributed by atoms with Crippen molar-refractivity contribution in [1.82, 2.24) is 0 Å². The molecular weight excluding hydrogens is 252 g/mol. The van der Waals surface area contributed by atoms with Crippen molar-refractivity contribution >= 4 is 31.9 Å². The smallest absolute Gasteiger partial charge is 0.146 e. The lowest BCUT2D eigenvalue weighted by Crippen LogP contribution is -2.03. The lowest BCUT2D eigenvalue weighted by molar-refractivity contribution is -0.0421. The van der Waals surface area contributed by atoms with Crippen LogP contribution in [0.2, 0.25) is 0 Å². The number of hydrogen-bond donors (Lipinski definition) is 0. The van der Waals surface area contributed by atoms with Crippen LogP contribution in [-0.2, 0) is 9.47 Å². The largest absolute Gasteiger partial charge is 0.355 e. The van der Waals surface area contributed by atoms with Crippen LogP contribution in [0.25, 0.3) is 0 Å². The van der Waals surface area contributed by atoms with E-state index in [1.807, 2.05) is 0 Å². The Labute approximate surface area is 72.2 Å². The Morgan fingerprint density at radius 2 is 1.33 bits per heavy atom. The minimum Gasteiger partial charge on any atom is -0.355 e. The molecule has 0 aromatic carbocycles. The Morgan fingerprint density at radius 3 is 1.67 bits per heavy atom. The van der Waals surface area contributed by atoms with Gasteiger partial charge < -0.3 is 9.47 Å². The maximum absolute atomic E-state index is 4.99. The van der Waals surface area contributed by atoms with Gasteiger partial charge in [-0.05, 0) is 0 Å². The summed E-state index contributed by atoms with van der Waals surface area (Å²) in [5.74, 6) is 0. The summed E-state index contributed by atoms with van der Waals surface area (Å²) in [5, 5.41) is 1.73. The maximum Gasteiger partial charge on any atom is 0.146 e. The summed E-state index contributed by atoms with van der Waals surface area (Å²) >= 11 is 6.46. The van der Waals surface area contributed by atoms with Gasteiger partial charge in [-0.25, -0.2) is 0 Å². The molecule has 0 rings (SSSR count). The van der Waals surface area contributed by atoms with Crippen LogP contribution >= 0.6 is 31.9 Å². The highest BCUT2D eigenvalue weighted by Gasteiger charge is 1.84. The van der Waals surface area contributed by atoms with Gasteiger partial charge in [-0.15, -0.1) is 0 Å². The van der Waals surface area contributed by atoms with Crippen molar-refractivity contribution in [3.63, 3.8) is 0 Å². The van der Waals surface area contributed by atoms with E-state index < -0.39 is 0 Å². The Hall–Kier alpha value is 0.880. The lowest BCUT2D eigenvalue weighted by Gasteiger charge is -2.00. The van der Waals surface area contributed by atoms with E-state index in [9.17, 15) is 0 Å². The normalized spacial score (nSPS) is 10.0. The molecule has 0 saturated heterocycles. The molecule has 0 aliphatic rings. The predicted molar refractivity (Wildman–Crippen MR) is 44.4 cm³/mol. The molecule has 0 N–H and O–H groups in total. The number of alkyl halides is 2. The molecule has 0 aromatic rings. The van der Waals surface area contributed by atoms with Gasteiger partial charge in [0.25, 0.3) is 0 Å². The zero-order valence-electron chi connectivity index (χ0n) is 5.11. The molecule has 0 aliphatic carbocycles. The molecule has 0 aliphatic heterocycles. The summed E-state index contributed by atoms with van der Waals surface area (Å²) in [4.78, 5) is 0. The molecule has 56 valence electrons. The summed E-state index contributed by atoms with van der Waals surface area (Å²) in [6, 6.07) is 0. The Balaban J connectivity index is 2.60. The fourth-order valence-electron chi connectivity index (χ4n) is 0.286. The van der Waals surface area contributed by atoms with Crippen molar-refractivity contribution in [3.05, 3.63) is 0 Å². The van der Waals surface area contributed by atoms with E-state index in [-0.39, 0.29) is 0 Å². The third kappa shape index (κ3) is 8.88. The fourth-order valence-corrected chi connectivity index (χ4v) is 0.744. The molecule has 0 radical (unpaired) electrons. The second-order valence-corrected chi connectivity index (χ2v) is 2.90. The van der Waals surface area contributed by atoms with Crippen molar-refractivity contribution in [2.45, 2.75) is 0 Å². The molecule has 0 amide bonds. The third-order valence-corrected chi connectivity index (χ3v) is 1.26. The van der Waals surface area contributed by atoms with Crippen LogP contribution in [0.15, 0.2) is 0 Å². The average Bonchev–Trinajstić information content (AvgIpc) is 1.89. The predicted octanol–water partition coefficient (Wildman–Crippen LogP) is 1.77. The van der Waals surface area contributed by atoms with Crippen molar-refractivity contribution in [3.8, 4) is 0 Å². The molecule has 4 heteroatoms. The van der Waals surface area contributed by atoms with Gasteiger partial charge in [0.05, 0.1) is 13.2 Å². The molecule has 0 fully saturated rings. The molecule has 0 saturated carbocycles. The first-order valence-corrected chi connectivity index (χ1v) is 4.93. The second-order valence-electron chi connectivity index (χ2n) is 1.31. The monoisotopic (exact) mass is 260 g/mol. The van der Waals surface area contributed by atoms with Crippen LogP contribution in [0.1, 0.15) is 0 Å². The van der Waals surface area contributed by atoms with Crippen LogP contribution in [0, 0.1) is 0 Å². The van der Waals surface area contributed by atoms with E-state index in [1.54, 1.807) is 0 Å². The van der Waals surface area contributed by atoms with Gasteiger partial charge in [-0.1, -0.05) is 31.9 Å². The van der Waals surface area contributed by atoms with E-state index in [1.165, 1.54) is 0 Å². The molecular formula is C5H10Br2O2. The van der Waals surface area contributed by atoms with Gasteiger partial charge >= 0.3 is 0 Å². The number of ether oxygens (including phenoxy) is 2. The summed E-state index contributed by atoms with van der Waals surface area (Å²) in [6.07, 6.45) is 0. The van der Waals surface area contributed by atoms with Crippen LogP contribution in [0.3, 0.4) is 0 Å². The molecule has 0 bridgehead atoms. The standard InChI is InChI=1S/C5H10Br2O2/c6-1-3-8-5-9-4-2-7/h1-5H2. The average molecular weight is 262 g/mol. The van der Waals surface area contributed by atoms with Crippen molar-refractivity contribution in [2.75, 3.05) is 30.7 Å². The summed E-state index contributed by atoms with van der Waals surface area (Å²) in [5.41, 5.74) is 0. The number of rotatable bonds is 6. The van der Waals surface area contributed by atoms with Crippen molar-refractivity contribution in [2.24, 2.45) is 0 Å². The first-order valence-electron chi connectivity index (χ1n) is 2.69. The van der Waals surface area contributed by atoms with Crippen LogP contribution < -0.4 is 0 Å². The van der Waals surface area contributed by atoms with Crippen LogP contribution in [0.4, 0.5) is 0 Å². The fraction of sp³-hybridized carbons (Fsp3) is 1.00. The first kappa shape index (κ1) is 9.88. The van der Waals surface area contributed by atoms with E-state index in [0.29, 0.717) is 20.0 Å². The van der Waals surface area contributed by atoms with E-state index in [2.05, 4.69) is 31.9 Å². The van der Waals surface area contributed by atoms with Gasteiger partial charge in [0.2, 0.25) is 0 Å². The van der Waals surface area contributed by atoms with Gasteiger partial charge in [0, 0.05) is 10.7 Å². The second kappa shape index (κ2) is 8.88. The quantitative estimate of drug-likeness (QED) is 0.412. The first-order chi connectivity index (χ1) is 4.41. The maximum atomic E-state index is 4.99. The molecule has 0 aromatic heterocycles. The minimum atomic E-state index is 0.400. The highest BCUT2D eigenvalue weighted by atomic mass is 79.9. The van der Waals surface area contributed by atoms with Gasteiger partial charge in [-0.3, -0.25) is 0 Å². The zero-order valence-corrected chi connectivity index (χ0v) is 8.28. The summed E-state index contributed by atoms with van der Waals surface area (Å²) in [7, 11) is 0. The van der Waals surface area contributed by atoms with Gasteiger partial charge in [0.15, 0.2) is 0 Å². The van der Waals surface area contributed by atoms with Crippen LogP contribution in [0.5, 0.6) is 0 Å². The molecule has 0 heterocycles. The highest BCUT2D eigenvalue weighted by Crippen LogP contribution is 1.85. The van der Waals surface area contributed by atoms with E-state index >= 15 is 0 Å². The minimum absolute atomic E-state index is 0.400. The SMILES string of the molecule is BrCCOCOCCBr. The summed E-state index contributed by atoms with van der Waals surface area (Å²) < 4.78 is 9.99. The Morgan fingerprint density at radius 1 is 0.889 bits per heavy atom. The van der Waals surface area contributed by atoms with Crippen LogP contribution in [-0.4, -0.2) is 30.7 Å². The molecule has 0 spiro atoms. The topological polar surface area (TPSA) is 18.5 Å². The Kier molecular flexibility index (Phi) is 9.75. The van der Waals surface area contributed by atoms with E-state index in [0.717, 1.165) is 10.7 Å². The van der Waals surface area contributed by atoms with Crippen molar-refractivity contribution < 1.29 is 9.47 Å². The lowest BCUT2D eigenvalue weighted by atomic mass is 10.8. The zero-order chi connectivity index (χ0) is 6.95. The Bertz CT molecular complexity index is 46.2.